The zero-order valence-corrected chi connectivity index (χ0v) is 19.6. The second-order valence-corrected chi connectivity index (χ2v) is 9.47. The van der Waals surface area contributed by atoms with Crippen molar-refractivity contribution in [2.45, 2.75) is 16.7 Å². The van der Waals surface area contributed by atoms with Gasteiger partial charge >= 0.3 is 0 Å². The first kappa shape index (κ1) is 22.8. The predicted octanol–water partition coefficient (Wildman–Crippen LogP) is 6.19. The van der Waals surface area contributed by atoms with Crippen LogP contribution in [0.3, 0.4) is 0 Å². The van der Waals surface area contributed by atoms with Crippen LogP contribution in [0.2, 0.25) is 5.02 Å². The zero-order chi connectivity index (χ0) is 23.0. The number of ether oxygens (including phenoxy) is 1. The third kappa shape index (κ3) is 6.33. The fraction of sp³-hybridized carbons (Fsp3) is 0.0833. The molecule has 9 heteroatoms. The van der Waals surface area contributed by atoms with E-state index in [9.17, 15) is 4.79 Å². The van der Waals surface area contributed by atoms with Gasteiger partial charge in [0.05, 0.1) is 17.2 Å². The van der Waals surface area contributed by atoms with E-state index in [-0.39, 0.29) is 5.91 Å². The Morgan fingerprint density at radius 3 is 2.52 bits per heavy atom. The minimum atomic E-state index is -0.318. The van der Waals surface area contributed by atoms with Gasteiger partial charge in [-0.1, -0.05) is 71.1 Å². The lowest BCUT2D eigenvalue weighted by Crippen LogP contribution is -2.13. The molecule has 1 aromatic heterocycles. The van der Waals surface area contributed by atoms with E-state index in [1.54, 1.807) is 42.5 Å². The van der Waals surface area contributed by atoms with Crippen LogP contribution in [-0.4, -0.2) is 16.1 Å². The van der Waals surface area contributed by atoms with Crippen LogP contribution in [0.4, 0.5) is 5.13 Å². The van der Waals surface area contributed by atoms with Crippen molar-refractivity contribution in [1.29, 1.82) is 5.26 Å². The number of carbonyl (C=O) groups is 1. The minimum Gasteiger partial charge on any atom is -0.488 e. The standard InChI is InChI=1S/C24H17ClN4O2S2/c25-19-11-9-17(10-12-19)14-31-21-4-2-1-3-20(21)22(30)27-23-28-29-24(33-23)32-15-18-7-5-16(13-26)6-8-18/h1-12H,14-15H2,(H,27,28,30). The largest absolute Gasteiger partial charge is 0.488 e. The summed E-state index contributed by atoms with van der Waals surface area (Å²) in [5, 5.41) is 21.0. The quantitative estimate of drug-likeness (QED) is 0.233. The molecule has 0 saturated carbocycles. The second kappa shape index (κ2) is 11.0. The Hall–Kier alpha value is -3.38. The highest BCUT2D eigenvalue weighted by atomic mass is 35.5. The second-order valence-electron chi connectivity index (χ2n) is 6.84. The first-order chi connectivity index (χ1) is 16.1. The van der Waals surface area contributed by atoms with E-state index in [4.69, 9.17) is 21.6 Å². The molecule has 0 saturated heterocycles. The smallest absolute Gasteiger partial charge is 0.261 e. The van der Waals surface area contributed by atoms with Crippen molar-refractivity contribution < 1.29 is 9.53 Å². The number of rotatable bonds is 8. The number of para-hydroxylation sites is 1. The molecule has 0 aliphatic rings. The van der Waals surface area contributed by atoms with E-state index >= 15 is 0 Å². The van der Waals surface area contributed by atoms with Gasteiger partial charge in [-0.3, -0.25) is 10.1 Å². The molecule has 1 heterocycles. The van der Waals surface area contributed by atoms with Gasteiger partial charge in [0.2, 0.25) is 5.13 Å². The maximum absolute atomic E-state index is 12.8. The molecule has 4 rings (SSSR count). The highest BCUT2D eigenvalue weighted by Crippen LogP contribution is 2.29. The number of benzene rings is 3. The van der Waals surface area contributed by atoms with Crippen molar-refractivity contribution >= 4 is 45.7 Å². The molecule has 1 N–H and O–H groups in total. The number of nitrogens with one attached hydrogen (secondary N) is 1. The Bertz CT molecular complexity index is 1290. The molecule has 3 aromatic carbocycles. The van der Waals surface area contributed by atoms with E-state index in [1.165, 1.54) is 23.1 Å². The van der Waals surface area contributed by atoms with E-state index in [1.807, 2.05) is 30.3 Å². The van der Waals surface area contributed by atoms with Gasteiger partial charge in [-0.25, -0.2) is 0 Å². The van der Waals surface area contributed by atoms with Gasteiger partial charge in [0, 0.05) is 10.8 Å². The van der Waals surface area contributed by atoms with E-state index in [0.717, 1.165) is 15.5 Å². The normalized spacial score (nSPS) is 10.4. The molecule has 164 valence electrons. The fourth-order valence-corrected chi connectivity index (χ4v) is 4.65. The van der Waals surface area contributed by atoms with Crippen LogP contribution < -0.4 is 10.1 Å². The van der Waals surface area contributed by atoms with Gasteiger partial charge in [0.25, 0.3) is 5.91 Å². The lowest BCUT2D eigenvalue weighted by atomic mass is 10.2. The topological polar surface area (TPSA) is 87.9 Å². The van der Waals surface area contributed by atoms with Gasteiger partial charge in [-0.15, -0.1) is 10.2 Å². The van der Waals surface area contributed by atoms with Crippen LogP contribution in [0.1, 0.15) is 27.0 Å². The average Bonchev–Trinajstić information content (AvgIpc) is 3.30. The van der Waals surface area contributed by atoms with E-state index in [2.05, 4.69) is 21.6 Å². The number of aromatic nitrogens is 2. The fourth-order valence-electron chi connectivity index (χ4n) is 2.83. The summed E-state index contributed by atoms with van der Waals surface area (Å²) < 4.78 is 6.61. The number of hydrogen-bond acceptors (Lipinski definition) is 7. The highest BCUT2D eigenvalue weighted by molar-refractivity contribution is 8.00. The predicted molar refractivity (Wildman–Crippen MR) is 131 cm³/mol. The molecular weight excluding hydrogens is 476 g/mol. The molecule has 0 aliphatic carbocycles. The Morgan fingerprint density at radius 1 is 1.03 bits per heavy atom. The monoisotopic (exact) mass is 492 g/mol. The summed E-state index contributed by atoms with van der Waals surface area (Å²) in [5.74, 6) is 0.849. The number of carbonyl (C=O) groups excluding carboxylic acids is 1. The number of nitriles is 1. The van der Waals surface area contributed by atoms with Crippen molar-refractivity contribution in [3.05, 3.63) is 100 Å². The molecule has 0 aliphatic heterocycles. The third-order valence-corrected chi connectivity index (χ3v) is 6.81. The van der Waals surface area contributed by atoms with Gasteiger partial charge in [-0.2, -0.15) is 5.26 Å². The van der Waals surface area contributed by atoms with E-state index < -0.39 is 0 Å². The van der Waals surface area contributed by atoms with Crippen LogP contribution in [0.25, 0.3) is 0 Å². The Balaban J connectivity index is 1.36. The van der Waals surface area contributed by atoms with Gasteiger partial charge in [0.15, 0.2) is 4.34 Å². The molecule has 0 unspecified atom stereocenters. The van der Waals surface area contributed by atoms with Gasteiger partial charge < -0.3 is 4.74 Å². The number of hydrogen-bond donors (Lipinski definition) is 1. The summed E-state index contributed by atoms with van der Waals surface area (Å²) in [5.41, 5.74) is 3.06. The number of thioether (sulfide) groups is 1. The number of amides is 1. The lowest BCUT2D eigenvalue weighted by Gasteiger charge is -2.11. The van der Waals surface area contributed by atoms with Gasteiger partial charge in [-0.05, 0) is 47.5 Å². The van der Waals surface area contributed by atoms with Gasteiger partial charge in [0.1, 0.15) is 12.4 Å². The van der Waals surface area contributed by atoms with E-state index in [0.29, 0.717) is 39.4 Å². The first-order valence-corrected chi connectivity index (χ1v) is 12.0. The van der Waals surface area contributed by atoms with Crippen LogP contribution in [0, 0.1) is 11.3 Å². The Labute approximate surface area is 204 Å². The molecule has 33 heavy (non-hydrogen) atoms. The minimum absolute atomic E-state index is 0.316. The van der Waals surface area contributed by atoms with Crippen molar-refractivity contribution in [3.8, 4) is 11.8 Å². The van der Waals surface area contributed by atoms with Crippen molar-refractivity contribution in [3.63, 3.8) is 0 Å². The molecule has 4 aromatic rings. The van der Waals surface area contributed by atoms with Crippen LogP contribution >= 0.6 is 34.7 Å². The lowest BCUT2D eigenvalue weighted by molar-refractivity contribution is 0.102. The van der Waals surface area contributed by atoms with Crippen LogP contribution in [0.15, 0.2) is 77.1 Å². The maximum atomic E-state index is 12.8. The van der Waals surface area contributed by atoms with Crippen LogP contribution in [-0.2, 0) is 12.4 Å². The molecule has 0 bridgehead atoms. The van der Waals surface area contributed by atoms with Crippen LogP contribution in [0.5, 0.6) is 5.75 Å². The Kier molecular flexibility index (Phi) is 7.58. The highest BCUT2D eigenvalue weighted by Gasteiger charge is 2.15. The van der Waals surface area contributed by atoms with Crippen molar-refractivity contribution in [2.75, 3.05) is 5.32 Å². The molecule has 0 spiro atoms. The van der Waals surface area contributed by atoms with Crippen molar-refractivity contribution in [2.24, 2.45) is 0 Å². The third-order valence-electron chi connectivity index (χ3n) is 4.51. The summed E-state index contributed by atoms with van der Waals surface area (Å²) >= 11 is 8.74. The first-order valence-electron chi connectivity index (χ1n) is 9.83. The summed E-state index contributed by atoms with van der Waals surface area (Å²) in [7, 11) is 0. The Morgan fingerprint density at radius 2 is 1.76 bits per heavy atom. The summed E-state index contributed by atoms with van der Waals surface area (Å²) in [6.07, 6.45) is 0. The molecular formula is C24H17ClN4O2S2. The molecule has 1 amide bonds. The average molecular weight is 493 g/mol. The number of halogens is 1. The molecule has 0 atom stereocenters. The summed E-state index contributed by atoms with van der Waals surface area (Å²) in [4.78, 5) is 12.8. The molecule has 6 nitrogen and oxygen atoms in total. The zero-order valence-electron chi connectivity index (χ0n) is 17.2. The number of anilines is 1. The number of nitrogens with zero attached hydrogens (tertiary/aromatic N) is 3. The maximum Gasteiger partial charge on any atom is 0.261 e. The molecule has 0 fully saturated rings. The summed E-state index contributed by atoms with van der Waals surface area (Å²) in [6, 6.07) is 23.9. The SMILES string of the molecule is N#Cc1ccc(CSc2nnc(NC(=O)c3ccccc3OCc3ccc(Cl)cc3)s2)cc1. The van der Waals surface area contributed by atoms with Crippen molar-refractivity contribution in [1.82, 2.24) is 10.2 Å². The molecule has 0 radical (unpaired) electrons. The summed E-state index contributed by atoms with van der Waals surface area (Å²) in [6.45, 7) is 0.316.